The Hall–Kier alpha value is -3.49. The fourth-order valence-corrected chi connectivity index (χ4v) is 3.72. The van der Waals surface area contributed by atoms with E-state index in [-0.39, 0.29) is 6.29 Å². The lowest BCUT2D eigenvalue weighted by Crippen LogP contribution is -2.42. The van der Waals surface area contributed by atoms with Crippen molar-refractivity contribution >= 4 is 39.9 Å². The normalized spacial score (nSPS) is 17.3. The standard InChI is InChI=1S/C22H24N8/c1-2-4-16-12-20-18(14-28-30-22-25-9-10-26-22)6-5-17(19(20)11-15(16)3-1)13-27-29-21-23-7-8-24-21/h1-6,11-14,21,23-24,29H,7-10H2,(H2,25,26,30). The molecule has 0 atom stereocenters. The summed E-state index contributed by atoms with van der Waals surface area (Å²) in [5.41, 5.74) is 8.16. The molecule has 3 aromatic rings. The molecule has 5 N–H and O–H groups in total. The average Bonchev–Trinajstić information content (AvgIpc) is 3.48. The Morgan fingerprint density at radius 1 is 0.867 bits per heavy atom. The molecule has 2 heterocycles. The lowest BCUT2D eigenvalue weighted by Gasteiger charge is -2.11. The van der Waals surface area contributed by atoms with E-state index in [4.69, 9.17) is 0 Å². The fraction of sp³-hybridized carbons (Fsp3) is 0.227. The van der Waals surface area contributed by atoms with Gasteiger partial charge in [-0.3, -0.25) is 16.1 Å². The van der Waals surface area contributed by atoms with Gasteiger partial charge in [0.25, 0.3) is 0 Å². The van der Waals surface area contributed by atoms with Gasteiger partial charge in [-0.25, -0.2) is 10.4 Å². The predicted octanol–water partition coefficient (Wildman–Crippen LogP) is 1.28. The second-order valence-corrected chi connectivity index (χ2v) is 7.24. The molecule has 0 spiro atoms. The van der Waals surface area contributed by atoms with Crippen LogP contribution in [-0.2, 0) is 0 Å². The van der Waals surface area contributed by atoms with Crippen molar-refractivity contribution in [1.29, 1.82) is 0 Å². The molecule has 30 heavy (non-hydrogen) atoms. The molecule has 8 nitrogen and oxygen atoms in total. The van der Waals surface area contributed by atoms with Gasteiger partial charge in [-0.1, -0.05) is 36.4 Å². The van der Waals surface area contributed by atoms with E-state index in [9.17, 15) is 0 Å². The van der Waals surface area contributed by atoms with Crippen molar-refractivity contribution in [1.82, 2.24) is 26.8 Å². The lowest BCUT2D eigenvalue weighted by molar-refractivity contribution is 0.461. The van der Waals surface area contributed by atoms with Gasteiger partial charge >= 0.3 is 0 Å². The molecule has 1 saturated heterocycles. The molecule has 0 aromatic heterocycles. The van der Waals surface area contributed by atoms with E-state index < -0.39 is 0 Å². The van der Waals surface area contributed by atoms with Crippen LogP contribution < -0.4 is 26.8 Å². The van der Waals surface area contributed by atoms with Crippen LogP contribution in [0.3, 0.4) is 0 Å². The zero-order valence-electron chi connectivity index (χ0n) is 16.5. The van der Waals surface area contributed by atoms with E-state index >= 15 is 0 Å². The minimum Gasteiger partial charge on any atom is -0.353 e. The number of aliphatic imine (C=N–C) groups is 1. The highest BCUT2D eigenvalue weighted by atomic mass is 15.5. The second-order valence-electron chi connectivity index (χ2n) is 7.24. The Kier molecular flexibility index (Phi) is 5.24. The van der Waals surface area contributed by atoms with Crippen LogP contribution in [0.1, 0.15) is 11.1 Å². The molecule has 152 valence electrons. The maximum absolute atomic E-state index is 4.43. The van der Waals surface area contributed by atoms with Gasteiger partial charge in [-0.05, 0) is 33.7 Å². The summed E-state index contributed by atoms with van der Waals surface area (Å²) in [6.07, 6.45) is 3.72. The molecule has 3 aromatic carbocycles. The number of guanidine groups is 1. The Bertz CT molecular complexity index is 1140. The van der Waals surface area contributed by atoms with Gasteiger partial charge in [-0.15, -0.1) is 0 Å². The third-order valence-electron chi connectivity index (χ3n) is 5.23. The lowest BCUT2D eigenvalue weighted by atomic mass is 9.96. The third-order valence-corrected chi connectivity index (χ3v) is 5.23. The van der Waals surface area contributed by atoms with Crippen LogP contribution in [-0.4, -0.2) is 50.9 Å². The number of nitrogens with zero attached hydrogens (tertiary/aromatic N) is 3. The van der Waals surface area contributed by atoms with Crippen LogP contribution in [0.25, 0.3) is 21.5 Å². The number of hydrogen-bond donors (Lipinski definition) is 5. The van der Waals surface area contributed by atoms with Crippen molar-refractivity contribution in [3.63, 3.8) is 0 Å². The Balaban J connectivity index is 1.49. The summed E-state index contributed by atoms with van der Waals surface area (Å²) >= 11 is 0. The number of rotatable bonds is 5. The molecule has 0 unspecified atom stereocenters. The molecule has 0 bridgehead atoms. The summed E-state index contributed by atoms with van der Waals surface area (Å²) in [6, 6.07) is 16.9. The van der Waals surface area contributed by atoms with Crippen molar-refractivity contribution in [3.8, 4) is 0 Å². The minimum absolute atomic E-state index is 0.0120. The topological polar surface area (TPSA) is 97.2 Å². The van der Waals surface area contributed by atoms with Gasteiger partial charge in [0.15, 0.2) is 0 Å². The highest BCUT2D eigenvalue weighted by Crippen LogP contribution is 2.27. The zero-order valence-corrected chi connectivity index (χ0v) is 16.5. The summed E-state index contributed by atoms with van der Waals surface area (Å²) in [4.78, 5) is 4.30. The van der Waals surface area contributed by atoms with E-state index in [1.165, 1.54) is 10.8 Å². The largest absolute Gasteiger partial charge is 0.353 e. The Morgan fingerprint density at radius 3 is 2.17 bits per heavy atom. The maximum Gasteiger partial charge on any atom is 0.212 e. The van der Waals surface area contributed by atoms with Gasteiger partial charge in [-0.2, -0.15) is 10.2 Å². The molecule has 0 saturated carbocycles. The SMILES string of the molecule is C(=NNC1=NCCN1)c1ccc(C=NNC2NCCN2)c2cc3ccccc3cc12. The summed E-state index contributed by atoms with van der Waals surface area (Å²) in [7, 11) is 0. The number of nitrogens with one attached hydrogen (secondary N) is 5. The summed E-state index contributed by atoms with van der Waals surface area (Å²) in [6.45, 7) is 3.50. The molecule has 0 radical (unpaired) electrons. The van der Waals surface area contributed by atoms with Gasteiger partial charge in [0, 0.05) is 30.8 Å². The van der Waals surface area contributed by atoms with Crippen LogP contribution in [0.2, 0.25) is 0 Å². The Morgan fingerprint density at radius 2 is 1.53 bits per heavy atom. The average molecular weight is 400 g/mol. The molecule has 2 aliphatic heterocycles. The minimum atomic E-state index is 0.0120. The van der Waals surface area contributed by atoms with E-state index in [1.807, 2.05) is 12.4 Å². The van der Waals surface area contributed by atoms with Gasteiger partial charge in [0.1, 0.15) is 6.29 Å². The molecule has 8 heteroatoms. The Labute approximate surface area is 174 Å². The summed E-state index contributed by atoms with van der Waals surface area (Å²) in [5.74, 6) is 0.713. The molecule has 1 fully saturated rings. The smallest absolute Gasteiger partial charge is 0.212 e. The molecule has 0 aliphatic carbocycles. The van der Waals surface area contributed by atoms with Crippen LogP contribution in [0, 0.1) is 0 Å². The molecule has 0 amide bonds. The fourth-order valence-electron chi connectivity index (χ4n) is 3.72. The van der Waals surface area contributed by atoms with E-state index in [1.54, 1.807) is 0 Å². The van der Waals surface area contributed by atoms with Crippen molar-refractivity contribution < 1.29 is 0 Å². The van der Waals surface area contributed by atoms with Crippen LogP contribution in [0.4, 0.5) is 0 Å². The quantitative estimate of drug-likeness (QED) is 0.253. The molecule has 2 aliphatic rings. The number of benzene rings is 3. The first-order valence-corrected chi connectivity index (χ1v) is 10.2. The highest BCUT2D eigenvalue weighted by Gasteiger charge is 2.11. The summed E-state index contributed by atoms with van der Waals surface area (Å²) in [5, 5.41) is 23.2. The van der Waals surface area contributed by atoms with Crippen LogP contribution in [0.5, 0.6) is 0 Å². The van der Waals surface area contributed by atoms with Crippen molar-refractivity contribution in [3.05, 3.63) is 59.7 Å². The maximum atomic E-state index is 4.43. The van der Waals surface area contributed by atoms with Crippen LogP contribution in [0.15, 0.2) is 63.7 Å². The first-order chi connectivity index (χ1) is 14.9. The van der Waals surface area contributed by atoms with Gasteiger partial charge in [0.2, 0.25) is 5.96 Å². The predicted molar refractivity (Wildman–Crippen MR) is 123 cm³/mol. The van der Waals surface area contributed by atoms with Crippen molar-refractivity contribution in [2.45, 2.75) is 6.29 Å². The first-order valence-electron chi connectivity index (χ1n) is 10.2. The number of fused-ring (bicyclic) bond motifs is 2. The molecule has 5 rings (SSSR count). The molecular weight excluding hydrogens is 376 g/mol. The van der Waals surface area contributed by atoms with E-state index in [0.29, 0.717) is 5.96 Å². The van der Waals surface area contributed by atoms with Gasteiger partial charge < -0.3 is 5.32 Å². The van der Waals surface area contributed by atoms with E-state index in [0.717, 1.165) is 48.1 Å². The monoisotopic (exact) mass is 400 g/mol. The highest BCUT2D eigenvalue weighted by molar-refractivity contribution is 6.11. The van der Waals surface area contributed by atoms with Crippen LogP contribution >= 0.6 is 0 Å². The molecular formula is C22H24N8. The van der Waals surface area contributed by atoms with E-state index in [2.05, 4.69) is 90.5 Å². The second kappa shape index (κ2) is 8.48. The number of hydrogen-bond acceptors (Lipinski definition) is 8. The van der Waals surface area contributed by atoms with Crippen molar-refractivity contribution in [2.24, 2.45) is 15.2 Å². The number of hydrazone groups is 2. The summed E-state index contributed by atoms with van der Waals surface area (Å²) < 4.78 is 0. The zero-order chi connectivity index (χ0) is 20.2. The first kappa shape index (κ1) is 18.5. The van der Waals surface area contributed by atoms with Crippen molar-refractivity contribution in [2.75, 3.05) is 26.2 Å². The van der Waals surface area contributed by atoms with Gasteiger partial charge in [0.05, 0.1) is 19.0 Å². The third kappa shape index (κ3) is 3.96.